The number of nitrogens with two attached hydrogens (primary N) is 1. The van der Waals surface area contributed by atoms with Crippen molar-refractivity contribution in [2.45, 2.75) is 38.6 Å². The molecule has 4 N–H and O–H groups in total. The van der Waals surface area contributed by atoms with Gasteiger partial charge < -0.3 is 16.2 Å². The van der Waals surface area contributed by atoms with Crippen LogP contribution in [0.15, 0.2) is 0 Å². The molecule has 1 saturated carbocycles. The number of rotatable bonds is 3. The number of anilines is 2. The van der Waals surface area contributed by atoms with Crippen LogP contribution >= 0.6 is 11.6 Å². The number of hydrogen-bond acceptors (Lipinski definition) is 5. The van der Waals surface area contributed by atoms with Gasteiger partial charge in [-0.1, -0.05) is 12.8 Å². The minimum absolute atomic E-state index is 0.190. The molecule has 2 rings (SSSR count). The zero-order valence-corrected chi connectivity index (χ0v) is 11.2. The Morgan fingerprint density at radius 3 is 2.83 bits per heavy atom. The third-order valence-electron chi connectivity index (χ3n) is 3.57. The fourth-order valence-electron chi connectivity index (χ4n) is 2.45. The Morgan fingerprint density at radius 2 is 2.11 bits per heavy atom. The second-order valence-electron chi connectivity index (χ2n) is 4.82. The van der Waals surface area contributed by atoms with Crippen molar-refractivity contribution in [3.63, 3.8) is 0 Å². The summed E-state index contributed by atoms with van der Waals surface area (Å²) >= 11 is 5.84. The summed E-state index contributed by atoms with van der Waals surface area (Å²) in [6.07, 6.45) is 4.38. The molecule has 2 unspecified atom stereocenters. The molecule has 0 bridgehead atoms. The van der Waals surface area contributed by atoms with Gasteiger partial charge in [-0.2, -0.15) is 4.98 Å². The second kappa shape index (κ2) is 5.71. The minimum Gasteiger partial charge on any atom is -0.396 e. The molecule has 1 aromatic heterocycles. The first kappa shape index (κ1) is 13.4. The topological polar surface area (TPSA) is 84.1 Å². The van der Waals surface area contributed by atoms with E-state index in [-0.39, 0.29) is 23.9 Å². The molecule has 18 heavy (non-hydrogen) atoms. The van der Waals surface area contributed by atoms with Crippen molar-refractivity contribution in [2.75, 3.05) is 17.7 Å². The summed E-state index contributed by atoms with van der Waals surface area (Å²) in [5.74, 6) is 0.838. The molecular weight excluding hydrogens is 252 g/mol. The van der Waals surface area contributed by atoms with Gasteiger partial charge in [0, 0.05) is 18.6 Å². The quantitative estimate of drug-likeness (QED) is 0.732. The van der Waals surface area contributed by atoms with Crippen LogP contribution in [0.5, 0.6) is 0 Å². The highest BCUT2D eigenvalue weighted by molar-refractivity contribution is 6.28. The zero-order valence-electron chi connectivity index (χ0n) is 10.5. The van der Waals surface area contributed by atoms with Crippen LogP contribution in [0.25, 0.3) is 0 Å². The summed E-state index contributed by atoms with van der Waals surface area (Å²) in [5, 5.41) is 12.9. The van der Waals surface area contributed by atoms with E-state index < -0.39 is 0 Å². The highest BCUT2D eigenvalue weighted by Gasteiger charge is 2.25. The Kier molecular flexibility index (Phi) is 4.24. The predicted octanol–water partition coefficient (Wildman–Crippen LogP) is 1.98. The normalized spacial score (nSPS) is 23.9. The van der Waals surface area contributed by atoms with E-state index in [2.05, 4.69) is 15.3 Å². The summed E-state index contributed by atoms with van der Waals surface area (Å²) < 4.78 is 0. The van der Waals surface area contributed by atoms with Gasteiger partial charge >= 0.3 is 0 Å². The molecule has 0 saturated heterocycles. The van der Waals surface area contributed by atoms with Crippen molar-refractivity contribution in [2.24, 2.45) is 5.92 Å². The fourth-order valence-corrected chi connectivity index (χ4v) is 2.66. The third kappa shape index (κ3) is 2.84. The number of nitrogens with zero attached hydrogens (tertiary/aromatic N) is 2. The Morgan fingerprint density at radius 1 is 1.39 bits per heavy atom. The van der Waals surface area contributed by atoms with E-state index in [0.717, 1.165) is 19.3 Å². The zero-order chi connectivity index (χ0) is 13.1. The van der Waals surface area contributed by atoms with E-state index in [4.69, 9.17) is 17.3 Å². The largest absolute Gasteiger partial charge is 0.396 e. The van der Waals surface area contributed by atoms with Gasteiger partial charge in [-0.05, 0) is 31.4 Å². The number of aryl methyl sites for hydroxylation is 1. The maximum atomic E-state index is 9.39. The van der Waals surface area contributed by atoms with Gasteiger partial charge in [-0.3, -0.25) is 0 Å². The van der Waals surface area contributed by atoms with Crippen LogP contribution < -0.4 is 11.1 Å². The number of aliphatic hydroxyl groups is 1. The van der Waals surface area contributed by atoms with Gasteiger partial charge in [0.25, 0.3) is 0 Å². The highest BCUT2D eigenvalue weighted by atomic mass is 35.5. The predicted molar refractivity (Wildman–Crippen MR) is 72.6 cm³/mol. The highest BCUT2D eigenvalue weighted by Crippen LogP contribution is 2.29. The Balaban J connectivity index is 2.17. The van der Waals surface area contributed by atoms with Crippen LogP contribution in [0.3, 0.4) is 0 Å². The lowest BCUT2D eigenvalue weighted by atomic mass is 9.85. The molecule has 0 aliphatic heterocycles. The lowest BCUT2D eigenvalue weighted by Gasteiger charge is -2.31. The van der Waals surface area contributed by atoms with E-state index in [0.29, 0.717) is 17.2 Å². The number of halogens is 1. The molecule has 5 nitrogen and oxygen atoms in total. The van der Waals surface area contributed by atoms with Crippen LogP contribution in [-0.2, 0) is 0 Å². The van der Waals surface area contributed by atoms with Crippen LogP contribution in [0.4, 0.5) is 11.5 Å². The maximum Gasteiger partial charge on any atom is 0.224 e. The van der Waals surface area contributed by atoms with Gasteiger partial charge in [0.05, 0.1) is 11.4 Å². The summed E-state index contributed by atoms with van der Waals surface area (Å²) in [6.45, 7) is 1.99. The Hall–Kier alpha value is -1.07. The first-order valence-electron chi connectivity index (χ1n) is 6.29. The SMILES string of the molecule is Cc1nc(Cl)nc(NC2CCCCC2CO)c1N. The van der Waals surface area contributed by atoms with Crippen molar-refractivity contribution >= 4 is 23.1 Å². The lowest BCUT2D eigenvalue weighted by molar-refractivity contribution is 0.178. The minimum atomic E-state index is 0.190. The molecular formula is C12H19ClN4O. The smallest absolute Gasteiger partial charge is 0.224 e. The average Bonchev–Trinajstić information content (AvgIpc) is 2.36. The van der Waals surface area contributed by atoms with E-state index in [1.165, 1.54) is 6.42 Å². The molecule has 1 heterocycles. The average molecular weight is 271 g/mol. The standard InChI is InChI=1S/C12H19ClN4O/c1-7-10(14)11(17-12(13)15-7)16-9-5-3-2-4-8(9)6-18/h8-9,18H,2-6,14H2,1H3,(H,15,16,17). The van der Waals surface area contributed by atoms with Crippen LogP contribution in [0.2, 0.25) is 5.28 Å². The molecule has 1 aliphatic carbocycles. The van der Waals surface area contributed by atoms with Crippen molar-refractivity contribution in [1.82, 2.24) is 9.97 Å². The number of aromatic nitrogens is 2. The monoisotopic (exact) mass is 270 g/mol. The van der Waals surface area contributed by atoms with Crippen molar-refractivity contribution in [3.05, 3.63) is 11.0 Å². The first-order valence-corrected chi connectivity index (χ1v) is 6.66. The summed E-state index contributed by atoms with van der Waals surface area (Å²) in [6, 6.07) is 0.205. The number of nitrogens with one attached hydrogen (secondary N) is 1. The first-order chi connectivity index (χ1) is 8.61. The van der Waals surface area contributed by atoms with E-state index in [1.54, 1.807) is 6.92 Å². The molecule has 100 valence electrons. The van der Waals surface area contributed by atoms with Gasteiger partial charge in [0.1, 0.15) is 0 Å². The molecule has 0 aromatic carbocycles. The molecule has 1 aliphatic rings. The van der Waals surface area contributed by atoms with Crippen molar-refractivity contribution in [1.29, 1.82) is 0 Å². The second-order valence-corrected chi connectivity index (χ2v) is 5.16. The summed E-state index contributed by atoms with van der Waals surface area (Å²) in [4.78, 5) is 8.14. The lowest BCUT2D eigenvalue weighted by Crippen LogP contribution is -2.35. The summed E-state index contributed by atoms with van der Waals surface area (Å²) in [5.41, 5.74) is 7.15. The third-order valence-corrected chi connectivity index (χ3v) is 3.74. The number of hydrogen-bond donors (Lipinski definition) is 3. The maximum absolute atomic E-state index is 9.39. The van der Waals surface area contributed by atoms with Crippen LogP contribution in [-0.4, -0.2) is 27.7 Å². The van der Waals surface area contributed by atoms with Gasteiger partial charge in [-0.15, -0.1) is 0 Å². The van der Waals surface area contributed by atoms with Crippen LogP contribution in [0, 0.1) is 12.8 Å². The van der Waals surface area contributed by atoms with Crippen molar-refractivity contribution < 1.29 is 5.11 Å². The Labute approximate surface area is 112 Å². The molecule has 0 amide bonds. The summed E-state index contributed by atoms with van der Waals surface area (Å²) in [7, 11) is 0. The van der Waals surface area contributed by atoms with Gasteiger partial charge in [0.2, 0.25) is 5.28 Å². The van der Waals surface area contributed by atoms with E-state index >= 15 is 0 Å². The molecule has 0 radical (unpaired) electrons. The van der Waals surface area contributed by atoms with Crippen LogP contribution in [0.1, 0.15) is 31.4 Å². The van der Waals surface area contributed by atoms with E-state index in [1.807, 2.05) is 0 Å². The molecule has 0 spiro atoms. The van der Waals surface area contributed by atoms with Crippen molar-refractivity contribution in [3.8, 4) is 0 Å². The number of nitrogen functional groups attached to an aromatic ring is 1. The van der Waals surface area contributed by atoms with E-state index in [9.17, 15) is 5.11 Å². The Bertz CT molecular complexity index is 427. The molecule has 2 atom stereocenters. The fraction of sp³-hybridized carbons (Fsp3) is 0.667. The van der Waals surface area contributed by atoms with Gasteiger partial charge in [0.15, 0.2) is 5.82 Å². The molecule has 1 fully saturated rings. The molecule has 6 heteroatoms. The van der Waals surface area contributed by atoms with Gasteiger partial charge in [-0.25, -0.2) is 4.98 Å². The number of aliphatic hydroxyl groups excluding tert-OH is 1. The molecule has 1 aromatic rings.